The van der Waals surface area contributed by atoms with E-state index in [0.29, 0.717) is 5.57 Å². The summed E-state index contributed by atoms with van der Waals surface area (Å²) in [5.74, 6) is 0.538. The second-order valence-corrected chi connectivity index (χ2v) is 8.44. The number of para-hydroxylation sites is 2. The summed E-state index contributed by atoms with van der Waals surface area (Å²) in [6, 6.07) is 16.1. The Hall–Kier alpha value is -3.08. The van der Waals surface area contributed by atoms with Gasteiger partial charge in [-0.25, -0.2) is 9.78 Å². The fourth-order valence-electron chi connectivity index (χ4n) is 4.78. The maximum absolute atomic E-state index is 13.5. The fourth-order valence-corrected chi connectivity index (χ4v) is 4.78. The number of carbonyl (C=O) groups excluding carboxylic acids is 1. The molecule has 5 rings (SSSR count). The molecular formula is C25H27N3O2. The van der Waals surface area contributed by atoms with Crippen molar-refractivity contribution in [2.45, 2.75) is 58.1 Å². The largest absolute Gasteiger partial charge is 0.459 e. The van der Waals surface area contributed by atoms with Crippen LogP contribution in [0.1, 0.15) is 56.2 Å². The van der Waals surface area contributed by atoms with E-state index in [-0.39, 0.29) is 18.1 Å². The number of hydrogen-bond acceptors (Lipinski definition) is 4. The highest BCUT2D eigenvalue weighted by atomic mass is 16.5. The van der Waals surface area contributed by atoms with Gasteiger partial charge in [0.25, 0.3) is 0 Å². The first kappa shape index (κ1) is 18.9. The number of aromatic nitrogens is 2. The molecule has 3 aromatic rings. The van der Waals surface area contributed by atoms with Crippen LogP contribution in [0.5, 0.6) is 0 Å². The summed E-state index contributed by atoms with van der Waals surface area (Å²) in [5, 5.41) is 3.36. The Morgan fingerprint density at radius 2 is 1.87 bits per heavy atom. The van der Waals surface area contributed by atoms with Crippen molar-refractivity contribution in [3.05, 3.63) is 70.9 Å². The molecule has 1 aliphatic heterocycles. The second-order valence-electron chi connectivity index (χ2n) is 8.44. The van der Waals surface area contributed by atoms with Crippen molar-refractivity contribution in [2.24, 2.45) is 0 Å². The van der Waals surface area contributed by atoms with Gasteiger partial charge in [-0.15, -0.1) is 0 Å². The van der Waals surface area contributed by atoms with E-state index in [0.717, 1.165) is 59.5 Å². The summed E-state index contributed by atoms with van der Waals surface area (Å²) in [4.78, 5) is 18.2. The summed E-state index contributed by atoms with van der Waals surface area (Å²) >= 11 is 0. The van der Waals surface area contributed by atoms with E-state index in [9.17, 15) is 4.79 Å². The second kappa shape index (κ2) is 7.63. The molecule has 2 aliphatic rings. The number of rotatable bonds is 3. The van der Waals surface area contributed by atoms with Crippen molar-refractivity contribution in [1.82, 2.24) is 9.55 Å². The summed E-state index contributed by atoms with van der Waals surface area (Å²) in [5.41, 5.74) is 5.62. The molecule has 0 bridgehead atoms. The van der Waals surface area contributed by atoms with Crippen molar-refractivity contribution in [1.29, 1.82) is 0 Å². The first-order chi connectivity index (χ1) is 14.6. The van der Waals surface area contributed by atoms with Gasteiger partial charge in [-0.05, 0) is 57.2 Å². The van der Waals surface area contributed by atoms with E-state index in [1.807, 2.05) is 31.2 Å². The maximum Gasteiger partial charge on any atom is 0.338 e. The summed E-state index contributed by atoms with van der Waals surface area (Å²) < 4.78 is 8.15. The predicted octanol–water partition coefficient (Wildman–Crippen LogP) is 5.51. The van der Waals surface area contributed by atoms with Crippen LogP contribution in [0.15, 0.2) is 59.8 Å². The van der Waals surface area contributed by atoms with Gasteiger partial charge in [0.2, 0.25) is 5.95 Å². The Bertz CT molecular complexity index is 1140. The molecule has 0 spiro atoms. The number of carbonyl (C=O) groups is 1. The van der Waals surface area contributed by atoms with Gasteiger partial charge in [0.05, 0.1) is 22.6 Å². The summed E-state index contributed by atoms with van der Waals surface area (Å²) in [6.07, 6.45) is 5.43. The molecule has 1 fully saturated rings. The molecule has 1 aliphatic carbocycles. The molecule has 0 unspecified atom stereocenters. The van der Waals surface area contributed by atoms with Gasteiger partial charge in [0, 0.05) is 5.70 Å². The minimum Gasteiger partial charge on any atom is -0.459 e. The average Bonchev–Trinajstić information content (AvgIpc) is 3.11. The highest BCUT2D eigenvalue weighted by Gasteiger charge is 2.36. The van der Waals surface area contributed by atoms with Gasteiger partial charge in [0.15, 0.2) is 0 Å². The smallest absolute Gasteiger partial charge is 0.338 e. The highest BCUT2D eigenvalue weighted by Crippen LogP contribution is 2.40. The average molecular weight is 402 g/mol. The van der Waals surface area contributed by atoms with E-state index in [1.165, 1.54) is 6.42 Å². The molecular weight excluding hydrogens is 374 g/mol. The van der Waals surface area contributed by atoms with Crippen molar-refractivity contribution >= 4 is 23.0 Å². The van der Waals surface area contributed by atoms with Crippen LogP contribution >= 0.6 is 0 Å². The Morgan fingerprint density at radius 3 is 2.67 bits per heavy atom. The number of aryl methyl sites for hydroxylation is 1. The number of hydrogen-bond donors (Lipinski definition) is 1. The van der Waals surface area contributed by atoms with Crippen LogP contribution in [0.25, 0.3) is 11.0 Å². The molecule has 0 radical (unpaired) electrons. The molecule has 0 saturated heterocycles. The molecule has 30 heavy (non-hydrogen) atoms. The first-order valence-electron chi connectivity index (χ1n) is 10.8. The van der Waals surface area contributed by atoms with Crippen LogP contribution in [0.4, 0.5) is 5.95 Å². The monoisotopic (exact) mass is 401 g/mol. The minimum absolute atomic E-state index is 0.0191. The number of nitrogens with one attached hydrogen (secondary N) is 1. The molecule has 5 nitrogen and oxygen atoms in total. The third-order valence-corrected chi connectivity index (χ3v) is 6.23. The Morgan fingerprint density at radius 1 is 1.07 bits per heavy atom. The van der Waals surface area contributed by atoms with Crippen LogP contribution in [0, 0.1) is 6.92 Å². The number of benzene rings is 2. The van der Waals surface area contributed by atoms with E-state index in [4.69, 9.17) is 9.72 Å². The number of ether oxygens (including phenoxy) is 1. The van der Waals surface area contributed by atoms with E-state index < -0.39 is 0 Å². The lowest BCUT2D eigenvalue weighted by Crippen LogP contribution is -2.31. The topological polar surface area (TPSA) is 56.2 Å². The fraction of sp³-hybridized carbons (Fsp3) is 0.360. The van der Waals surface area contributed by atoms with E-state index in [1.54, 1.807) is 0 Å². The number of allylic oxidation sites excluding steroid dienone is 1. The zero-order valence-electron chi connectivity index (χ0n) is 17.5. The summed E-state index contributed by atoms with van der Waals surface area (Å²) in [7, 11) is 0. The number of fused-ring (bicyclic) bond motifs is 3. The third-order valence-electron chi connectivity index (χ3n) is 6.23. The third kappa shape index (κ3) is 3.28. The molecule has 1 N–H and O–H groups in total. The van der Waals surface area contributed by atoms with Crippen LogP contribution in [0.3, 0.4) is 0 Å². The van der Waals surface area contributed by atoms with Crippen LogP contribution in [-0.2, 0) is 9.53 Å². The Labute approximate surface area is 176 Å². The zero-order chi connectivity index (χ0) is 20.7. The van der Waals surface area contributed by atoms with Crippen molar-refractivity contribution in [2.75, 3.05) is 5.32 Å². The lowest BCUT2D eigenvalue weighted by Gasteiger charge is -2.31. The molecule has 154 valence electrons. The highest BCUT2D eigenvalue weighted by molar-refractivity contribution is 5.94. The molecule has 2 aromatic carbocycles. The molecule has 1 aromatic heterocycles. The Kier molecular flexibility index (Phi) is 4.81. The predicted molar refractivity (Wildman–Crippen MR) is 118 cm³/mol. The minimum atomic E-state index is -0.273. The standard InChI is InChI=1S/C25H27N3O2/c1-16-9-8-10-18(15-16)23-22(24(29)30-19-11-4-3-5-12-19)17(2)26-25-27-20-13-6-7-14-21(20)28(23)25/h6-10,13-15,19,23H,3-5,11-12H2,1-2H3,(H,26,27)/t23-/m1/s1. The van der Waals surface area contributed by atoms with Gasteiger partial charge >= 0.3 is 5.97 Å². The molecule has 1 atom stereocenters. The van der Waals surface area contributed by atoms with Crippen molar-refractivity contribution in [3.63, 3.8) is 0 Å². The van der Waals surface area contributed by atoms with Gasteiger partial charge < -0.3 is 10.1 Å². The van der Waals surface area contributed by atoms with Gasteiger partial charge in [-0.2, -0.15) is 0 Å². The van der Waals surface area contributed by atoms with Crippen LogP contribution < -0.4 is 5.32 Å². The number of esters is 1. The lowest BCUT2D eigenvalue weighted by molar-refractivity contribution is -0.146. The number of anilines is 1. The van der Waals surface area contributed by atoms with Crippen LogP contribution in [0.2, 0.25) is 0 Å². The molecule has 5 heteroatoms. The van der Waals surface area contributed by atoms with Gasteiger partial charge in [-0.3, -0.25) is 4.57 Å². The quantitative estimate of drug-likeness (QED) is 0.588. The lowest BCUT2D eigenvalue weighted by atomic mass is 9.93. The molecule has 2 heterocycles. The number of nitrogens with zero attached hydrogens (tertiary/aromatic N) is 2. The summed E-state index contributed by atoms with van der Waals surface area (Å²) in [6.45, 7) is 4.03. The van der Waals surface area contributed by atoms with Crippen molar-refractivity contribution in [3.8, 4) is 0 Å². The molecule has 0 amide bonds. The van der Waals surface area contributed by atoms with Gasteiger partial charge in [0.1, 0.15) is 6.10 Å². The van der Waals surface area contributed by atoms with Gasteiger partial charge in [-0.1, -0.05) is 48.4 Å². The molecule has 1 saturated carbocycles. The SMILES string of the molecule is CC1=C(C(=O)OC2CCCCC2)[C@@H](c2cccc(C)c2)n2c(nc3ccccc32)N1. The van der Waals surface area contributed by atoms with E-state index >= 15 is 0 Å². The first-order valence-corrected chi connectivity index (χ1v) is 10.8. The maximum atomic E-state index is 13.5. The van der Waals surface area contributed by atoms with Crippen molar-refractivity contribution < 1.29 is 9.53 Å². The zero-order valence-corrected chi connectivity index (χ0v) is 17.5. The number of imidazole rings is 1. The Balaban J connectivity index is 1.63. The normalized spacial score (nSPS) is 19.5. The van der Waals surface area contributed by atoms with E-state index in [2.05, 4.69) is 41.1 Å². The van der Waals surface area contributed by atoms with Crippen LogP contribution in [-0.4, -0.2) is 21.6 Å².